The van der Waals surface area contributed by atoms with Gasteiger partial charge in [0.25, 0.3) is 6.71 Å². The van der Waals surface area contributed by atoms with Gasteiger partial charge in [0.1, 0.15) is 5.58 Å². The van der Waals surface area contributed by atoms with Gasteiger partial charge in [0.05, 0.1) is 11.4 Å². The smallest absolute Gasteiger partial charge is 0.264 e. The first-order valence-corrected chi connectivity index (χ1v) is 26.9. The second-order valence-corrected chi connectivity index (χ2v) is 24.5. The van der Waals surface area contributed by atoms with Crippen LogP contribution in [0.15, 0.2) is 205 Å². The van der Waals surface area contributed by atoms with Crippen LogP contribution in [-0.2, 0) is 16.2 Å². The van der Waals surface area contributed by atoms with E-state index in [1.165, 1.54) is 53.9 Å². The predicted octanol–water partition coefficient (Wildman–Crippen LogP) is 17.9. The highest BCUT2D eigenvalue weighted by atomic mass is 32.1. The van der Waals surface area contributed by atoms with Gasteiger partial charge in [-0.15, -0.1) is 11.3 Å². The molecule has 0 bridgehead atoms. The summed E-state index contributed by atoms with van der Waals surface area (Å²) in [7, 11) is 0. The van der Waals surface area contributed by atoms with E-state index in [0.717, 1.165) is 72.9 Å². The standard InChI is InChI=1S/C68H60BN3OS/c1-66(2,3)45-27-32-49(33-28-45)70(50-34-29-46(30-35-50)67(4,5)6)51-36-37-55-57(42-51)72(56-25-18-24-53-52-23-16-17-26-60(52)73-64(53)56)59-40-44(43-19-12-10-13-20-43)39-58-62(59)69(55)65-63(71(58)48-21-14-11-15-22-48)54-41-47(68(7,8)9)31-38-61(54)74-65/h10-42H,1-9H3. The highest BCUT2D eigenvalue weighted by Crippen LogP contribution is 2.52. The highest BCUT2D eigenvalue weighted by Gasteiger charge is 2.46. The summed E-state index contributed by atoms with van der Waals surface area (Å²) in [5, 5.41) is 3.49. The summed E-state index contributed by atoms with van der Waals surface area (Å²) < 4.78 is 9.67. The third-order valence-electron chi connectivity index (χ3n) is 15.5. The first-order valence-electron chi connectivity index (χ1n) is 26.1. The van der Waals surface area contributed by atoms with Gasteiger partial charge < -0.3 is 19.1 Å². The van der Waals surface area contributed by atoms with Gasteiger partial charge in [0.15, 0.2) is 5.58 Å². The topological polar surface area (TPSA) is 22.9 Å². The van der Waals surface area contributed by atoms with Crippen LogP contribution in [0.3, 0.4) is 0 Å². The van der Waals surface area contributed by atoms with Gasteiger partial charge in [-0.2, -0.15) is 0 Å². The molecule has 4 nitrogen and oxygen atoms in total. The maximum atomic E-state index is 7.04. The summed E-state index contributed by atoms with van der Waals surface area (Å²) in [6, 6.07) is 74.8. The maximum absolute atomic E-state index is 7.04. The Hall–Kier alpha value is -7.80. The Kier molecular flexibility index (Phi) is 10.5. The average Bonchev–Trinajstić information content (AvgIpc) is 4.00. The van der Waals surface area contributed by atoms with E-state index in [-0.39, 0.29) is 23.0 Å². The molecule has 0 atom stereocenters. The number of nitrogens with zero attached hydrogens (tertiary/aromatic N) is 3. The Morgan fingerprint density at radius 1 is 0.432 bits per heavy atom. The fraction of sp³-hybridized carbons (Fsp3) is 0.176. The third-order valence-corrected chi connectivity index (χ3v) is 16.7. The van der Waals surface area contributed by atoms with Crippen molar-refractivity contribution in [3.8, 4) is 11.1 Å². The van der Waals surface area contributed by atoms with Crippen molar-refractivity contribution in [3.05, 3.63) is 217 Å². The zero-order valence-corrected chi connectivity index (χ0v) is 44.6. The van der Waals surface area contributed by atoms with Gasteiger partial charge in [-0.3, -0.25) is 0 Å². The van der Waals surface area contributed by atoms with E-state index in [9.17, 15) is 0 Å². The van der Waals surface area contributed by atoms with E-state index in [1.807, 2.05) is 11.3 Å². The lowest BCUT2D eigenvalue weighted by Crippen LogP contribution is -2.60. The highest BCUT2D eigenvalue weighted by molar-refractivity contribution is 7.33. The fourth-order valence-corrected chi connectivity index (χ4v) is 12.8. The molecule has 13 rings (SSSR count). The van der Waals surface area contributed by atoms with Gasteiger partial charge in [0.2, 0.25) is 0 Å². The van der Waals surface area contributed by atoms with E-state index in [2.05, 4.69) is 277 Å². The van der Waals surface area contributed by atoms with E-state index >= 15 is 0 Å². The van der Waals surface area contributed by atoms with Crippen molar-refractivity contribution < 1.29 is 4.42 Å². The van der Waals surface area contributed by atoms with Crippen LogP contribution < -0.4 is 30.4 Å². The maximum Gasteiger partial charge on any atom is 0.264 e. The van der Waals surface area contributed by atoms with Crippen molar-refractivity contribution in [1.29, 1.82) is 0 Å². The number of rotatable bonds is 6. The second-order valence-electron chi connectivity index (χ2n) is 23.4. The zero-order valence-electron chi connectivity index (χ0n) is 43.8. The van der Waals surface area contributed by atoms with Crippen LogP contribution >= 0.6 is 11.3 Å². The minimum absolute atomic E-state index is 0.0163. The van der Waals surface area contributed by atoms with E-state index in [1.54, 1.807) is 0 Å². The van der Waals surface area contributed by atoms with Crippen molar-refractivity contribution in [2.75, 3.05) is 14.7 Å². The minimum atomic E-state index is -0.0731. The summed E-state index contributed by atoms with van der Waals surface area (Å²) >= 11 is 1.94. The summed E-state index contributed by atoms with van der Waals surface area (Å²) in [4.78, 5) is 7.55. The number of thiophene rings is 1. The molecule has 0 saturated carbocycles. The Morgan fingerprint density at radius 2 is 1.00 bits per heavy atom. The van der Waals surface area contributed by atoms with E-state index in [4.69, 9.17) is 4.42 Å². The molecule has 2 aromatic heterocycles. The number of hydrogen-bond acceptors (Lipinski definition) is 5. The van der Waals surface area contributed by atoms with Crippen molar-refractivity contribution in [2.45, 2.75) is 78.6 Å². The molecule has 2 aliphatic heterocycles. The molecule has 362 valence electrons. The van der Waals surface area contributed by atoms with Gasteiger partial charge in [-0.05, 0) is 140 Å². The molecule has 74 heavy (non-hydrogen) atoms. The molecule has 0 unspecified atom stereocenters. The molecule has 6 heteroatoms. The van der Waals surface area contributed by atoms with Gasteiger partial charge in [-0.1, -0.05) is 178 Å². The summed E-state index contributed by atoms with van der Waals surface area (Å²) in [6.07, 6.45) is 0. The molecule has 0 amide bonds. The van der Waals surface area contributed by atoms with Crippen molar-refractivity contribution in [3.63, 3.8) is 0 Å². The van der Waals surface area contributed by atoms with Crippen LogP contribution in [0.1, 0.15) is 79.0 Å². The molecule has 4 heterocycles. The molecular formula is C68H60BN3OS. The Balaban J connectivity index is 1.15. The third kappa shape index (κ3) is 7.48. The molecule has 0 aliphatic carbocycles. The molecule has 0 spiro atoms. The molecule has 0 saturated heterocycles. The summed E-state index contributed by atoms with van der Waals surface area (Å²) in [5.41, 5.74) is 20.7. The number of benzene rings is 9. The molecule has 9 aromatic carbocycles. The quantitative estimate of drug-likeness (QED) is 0.155. The normalized spacial score (nSPS) is 13.4. The van der Waals surface area contributed by atoms with Crippen LogP contribution in [0.2, 0.25) is 0 Å². The predicted molar refractivity (Wildman–Crippen MR) is 319 cm³/mol. The number of hydrogen-bond donors (Lipinski definition) is 0. The number of furan rings is 1. The molecular weight excluding hydrogens is 918 g/mol. The largest absolute Gasteiger partial charge is 0.454 e. The molecule has 0 fully saturated rings. The first kappa shape index (κ1) is 46.0. The minimum Gasteiger partial charge on any atom is -0.454 e. The van der Waals surface area contributed by atoms with Crippen molar-refractivity contribution in [2.24, 2.45) is 0 Å². The van der Waals surface area contributed by atoms with Crippen molar-refractivity contribution >= 4 is 117 Å². The summed E-state index contributed by atoms with van der Waals surface area (Å²) in [6.45, 7) is 20.6. The Labute approximate surface area is 440 Å². The van der Waals surface area contributed by atoms with Crippen LogP contribution in [0.5, 0.6) is 0 Å². The van der Waals surface area contributed by atoms with Crippen LogP contribution in [0.4, 0.5) is 51.2 Å². The fourth-order valence-electron chi connectivity index (χ4n) is 11.6. The van der Waals surface area contributed by atoms with Gasteiger partial charge in [0, 0.05) is 65.4 Å². The molecule has 0 radical (unpaired) electrons. The van der Waals surface area contributed by atoms with Crippen LogP contribution in [-0.4, -0.2) is 6.71 Å². The Bertz CT molecular complexity index is 3910. The van der Waals surface area contributed by atoms with E-state index in [0.29, 0.717) is 0 Å². The SMILES string of the molecule is CC(C)(C)c1ccc(N(c2ccc(C(C)(C)C)cc2)c2ccc3c(c2)N(c2cccc4c2oc2ccccc24)c2cc(-c4ccccc4)cc4c2B3c2sc3ccc(C(C)(C)C)cc3c2N4c2ccccc2)cc1. The lowest BCUT2D eigenvalue weighted by molar-refractivity contribution is 0.590. The second kappa shape index (κ2) is 16.9. The molecule has 11 aromatic rings. The van der Waals surface area contributed by atoms with Crippen LogP contribution in [0.25, 0.3) is 43.2 Å². The molecule has 2 aliphatic rings. The van der Waals surface area contributed by atoms with Crippen LogP contribution in [0, 0.1) is 0 Å². The van der Waals surface area contributed by atoms with Crippen molar-refractivity contribution in [1.82, 2.24) is 0 Å². The van der Waals surface area contributed by atoms with Gasteiger partial charge >= 0.3 is 0 Å². The average molecular weight is 978 g/mol. The number of anilines is 9. The lowest BCUT2D eigenvalue weighted by Gasteiger charge is -2.43. The zero-order chi connectivity index (χ0) is 50.8. The lowest BCUT2D eigenvalue weighted by atomic mass is 9.36. The monoisotopic (exact) mass is 977 g/mol. The summed E-state index contributed by atoms with van der Waals surface area (Å²) in [5.74, 6) is 0. The molecule has 0 N–H and O–H groups in total. The van der Waals surface area contributed by atoms with Gasteiger partial charge in [-0.25, -0.2) is 0 Å². The Morgan fingerprint density at radius 3 is 1.65 bits per heavy atom. The number of para-hydroxylation sites is 3. The number of fused-ring (bicyclic) bond motifs is 9. The first-order chi connectivity index (χ1) is 35.6. The van der Waals surface area contributed by atoms with E-state index < -0.39 is 0 Å².